The Morgan fingerprint density at radius 3 is 2.44 bits per heavy atom. The summed E-state index contributed by atoms with van der Waals surface area (Å²) >= 11 is 0. The Morgan fingerprint density at radius 2 is 1.84 bits per heavy atom. The SMILES string of the molecule is O=S(=O)(N[C@@H]1CCN(c2ccc(C(F)(F)F)cn2)C1)c1ccccc1. The highest BCUT2D eigenvalue weighted by Crippen LogP contribution is 2.30. The van der Waals surface area contributed by atoms with Crippen molar-refractivity contribution in [2.24, 2.45) is 0 Å². The summed E-state index contributed by atoms with van der Waals surface area (Å²) in [5.74, 6) is 0.398. The fraction of sp³-hybridized carbons (Fsp3) is 0.312. The van der Waals surface area contributed by atoms with Crippen LogP contribution in [0.25, 0.3) is 0 Å². The van der Waals surface area contributed by atoms with Crippen molar-refractivity contribution in [1.82, 2.24) is 9.71 Å². The molecule has 0 bridgehead atoms. The molecule has 134 valence electrons. The molecule has 0 unspecified atom stereocenters. The van der Waals surface area contributed by atoms with Gasteiger partial charge in [0.15, 0.2) is 0 Å². The number of benzene rings is 1. The third kappa shape index (κ3) is 4.10. The molecule has 25 heavy (non-hydrogen) atoms. The van der Waals surface area contributed by atoms with Crippen LogP contribution in [-0.4, -0.2) is 32.5 Å². The fourth-order valence-corrected chi connectivity index (χ4v) is 3.98. The van der Waals surface area contributed by atoms with E-state index in [-0.39, 0.29) is 10.9 Å². The summed E-state index contributed by atoms with van der Waals surface area (Å²) in [6, 6.07) is 9.98. The summed E-state index contributed by atoms with van der Waals surface area (Å²) in [4.78, 5) is 5.79. The number of hydrogen-bond donors (Lipinski definition) is 1. The van der Waals surface area contributed by atoms with Crippen LogP contribution in [0, 0.1) is 0 Å². The van der Waals surface area contributed by atoms with Crippen molar-refractivity contribution in [2.75, 3.05) is 18.0 Å². The largest absolute Gasteiger partial charge is 0.417 e. The molecule has 1 saturated heterocycles. The number of rotatable bonds is 4. The third-order valence-corrected chi connectivity index (χ3v) is 5.50. The van der Waals surface area contributed by atoms with E-state index in [1.807, 2.05) is 0 Å². The van der Waals surface area contributed by atoms with Crippen LogP contribution in [0.4, 0.5) is 19.0 Å². The second kappa shape index (κ2) is 6.64. The first-order valence-electron chi connectivity index (χ1n) is 7.61. The van der Waals surface area contributed by atoms with Gasteiger partial charge in [0, 0.05) is 25.3 Å². The summed E-state index contributed by atoms with van der Waals surface area (Å²) in [6.45, 7) is 0.866. The van der Waals surface area contributed by atoms with Crippen LogP contribution in [0.15, 0.2) is 53.6 Å². The van der Waals surface area contributed by atoms with Crippen molar-refractivity contribution in [3.63, 3.8) is 0 Å². The molecule has 1 aliphatic heterocycles. The molecule has 1 aliphatic rings. The average molecular weight is 371 g/mol. The van der Waals surface area contributed by atoms with E-state index in [0.717, 1.165) is 12.3 Å². The summed E-state index contributed by atoms with van der Waals surface area (Å²) in [5, 5.41) is 0. The van der Waals surface area contributed by atoms with Crippen molar-refractivity contribution in [1.29, 1.82) is 0 Å². The van der Waals surface area contributed by atoms with Crippen molar-refractivity contribution >= 4 is 15.8 Å². The molecule has 2 heterocycles. The Hall–Kier alpha value is -2.13. The standard InChI is InChI=1S/C16H16F3N3O2S/c17-16(18,19)12-6-7-15(20-10-12)22-9-8-13(11-22)21-25(23,24)14-4-2-1-3-5-14/h1-7,10,13,21H,8-9,11H2/t13-/m1/s1. The minimum absolute atomic E-state index is 0.182. The predicted octanol–water partition coefficient (Wildman–Crippen LogP) is 2.66. The second-order valence-corrected chi connectivity index (χ2v) is 7.48. The predicted molar refractivity (Wildman–Crippen MR) is 86.6 cm³/mol. The molecule has 1 atom stereocenters. The summed E-state index contributed by atoms with van der Waals surface area (Å²) in [6.07, 6.45) is -3.09. The van der Waals surface area contributed by atoms with E-state index < -0.39 is 21.8 Å². The first-order chi connectivity index (χ1) is 11.8. The number of hydrogen-bond acceptors (Lipinski definition) is 4. The molecule has 0 radical (unpaired) electrons. The zero-order valence-corrected chi connectivity index (χ0v) is 13.9. The molecule has 0 amide bonds. The van der Waals surface area contributed by atoms with E-state index in [1.165, 1.54) is 18.2 Å². The highest BCUT2D eigenvalue weighted by Gasteiger charge is 2.32. The Balaban J connectivity index is 1.66. The van der Waals surface area contributed by atoms with E-state index in [1.54, 1.807) is 23.1 Å². The highest BCUT2D eigenvalue weighted by molar-refractivity contribution is 7.89. The van der Waals surface area contributed by atoms with Crippen LogP contribution >= 0.6 is 0 Å². The Morgan fingerprint density at radius 1 is 1.12 bits per heavy atom. The van der Waals surface area contributed by atoms with Crippen LogP contribution < -0.4 is 9.62 Å². The minimum Gasteiger partial charge on any atom is -0.355 e. The summed E-state index contributed by atoms with van der Waals surface area (Å²) in [7, 11) is -3.62. The third-order valence-electron chi connectivity index (χ3n) is 3.96. The van der Waals surface area contributed by atoms with Gasteiger partial charge in [-0.05, 0) is 30.7 Å². The van der Waals surface area contributed by atoms with Gasteiger partial charge in [0.25, 0.3) is 0 Å². The van der Waals surface area contributed by atoms with Gasteiger partial charge in [0.1, 0.15) is 5.82 Å². The number of aromatic nitrogens is 1. The normalized spacial score (nSPS) is 18.5. The molecule has 1 aromatic heterocycles. The number of alkyl halides is 3. The second-order valence-electron chi connectivity index (χ2n) is 5.77. The lowest BCUT2D eigenvalue weighted by Crippen LogP contribution is -2.37. The number of nitrogens with zero attached hydrogens (tertiary/aromatic N) is 2. The fourth-order valence-electron chi connectivity index (χ4n) is 2.69. The van der Waals surface area contributed by atoms with E-state index >= 15 is 0 Å². The molecule has 1 N–H and O–H groups in total. The van der Waals surface area contributed by atoms with Gasteiger partial charge < -0.3 is 4.90 Å². The molecule has 2 aromatic rings. The van der Waals surface area contributed by atoms with E-state index in [0.29, 0.717) is 25.3 Å². The molecule has 9 heteroatoms. The van der Waals surface area contributed by atoms with Crippen LogP contribution in [0.3, 0.4) is 0 Å². The van der Waals surface area contributed by atoms with Crippen molar-refractivity contribution in [3.8, 4) is 0 Å². The molecule has 0 saturated carbocycles. The lowest BCUT2D eigenvalue weighted by molar-refractivity contribution is -0.137. The maximum absolute atomic E-state index is 12.6. The van der Waals surface area contributed by atoms with Crippen molar-refractivity contribution in [2.45, 2.75) is 23.5 Å². The van der Waals surface area contributed by atoms with Crippen molar-refractivity contribution in [3.05, 3.63) is 54.2 Å². The van der Waals surface area contributed by atoms with Crippen LogP contribution in [0.1, 0.15) is 12.0 Å². The minimum atomic E-state index is -4.43. The van der Waals surface area contributed by atoms with Gasteiger partial charge in [-0.2, -0.15) is 13.2 Å². The lowest BCUT2D eigenvalue weighted by Gasteiger charge is -2.18. The Bertz CT molecular complexity index is 824. The number of nitrogens with one attached hydrogen (secondary N) is 1. The monoisotopic (exact) mass is 371 g/mol. The number of sulfonamides is 1. The van der Waals surface area contributed by atoms with Gasteiger partial charge >= 0.3 is 6.18 Å². The van der Waals surface area contributed by atoms with Crippen LogP contribution in [0.5, 0.6) is 0 Å². The van der Waals surface area contributed by atoms with E-state index in [9.17, 15) is 21.6 Å². The van der Waals surface area contributed by atoms with E-state index in [2.05, 4.69) is 9.71 Å². The van der Waals surface area contributed by atoms with Gasteiger partial charge in [-0.1, -0.05) is 18.2 Å². The topological polar surface area (TPSA) is 62.3 Å². The summed E-state index contributed by atoms with van der Waals surface area (Å²) < 4.78 is 65.0. The van der Waals surface area contributed by atoms with Gasteiger partial charge in [0.2, 0.25) is 10.0 Å². The molecular formula is C16H16F3N3O2S. The smallest absolute Gasteiger partial charge is 0.355 e. The zero-order chi connectivity index (χ0) is 18.1. The molecule has 0 aliphatic carbocycles. The highest BCUT2D eigenvalue weighted by atomic mass is 32.2. The lowest BCUT2D eigenvalue weighted by atomic mass is 10.3. The molecule has 0 spiro atoms. The molecular weight excluding hydrogens is 355 g/mol. The zero-order valence-electron chi connectivity index (χ0n) is 13.1. The summed E-state index contributed by atoms with van der Waals surface area (Å²) in [5.41, 5.74) is -0.809. The van der Waals surface area contributed by atoms with Crippen LogP contribution in [0.2, 0.25) is 0 Å². The van der Waals surface area contributed by atoms with E-state index in [4.69, 9.17) is 0 Å². The first-order valence-corrected chi connectivity index (χ1v) is 9.09. The van der Waals surface area contributed by atoms with Gasteiger partial charge in [-0.3, -0.25) is 0 Å². The van der Waals surface area contributed by atoms with Gasteiger partial charge in [-0.25, -0.2) is 18.1 Å². The maximum Gasteiger partial charge on any atom is 0.417 e. The average Bonchev–Trinajstić information content (AvgIpc) is 3.03. The number of anilines is 1. The number of halogens is 3. The molecule has 1 aromatic carbocycles. The molecule has 5 nitrogen and oxygen atoms in total. The maximum atomic E-state index is 12.6. The van der Waals surface area contributed by atoms with Crippen LogP contribution in [-0.2, 0) is 16.2 Å². The molecule has 1 fully saturated rings. The Kier molecular flexibility index (Phi) is 4.70. The van der Waals surface area contributed by atoms with Gasteiger partial charge in [0.05, 0.1) is 10.5 Å². The van der Waals surface area contributed by atoms with Gasteiger partial charge in [-0.15, -0.1) is 0 Å². The Labute approximate surface area is 143 Å². The first kappa shape index (κ1) is 17.7. The molecule has 3 rings (SSSR count). The number of pyridine rings is 1. The van der Waals surface area contributed by atoms with Crippen molar-refractivity contribution < 1.29 is 21.6 Å². The quantitative estimate of drug-likeness (QED) is 0.898.